The highest BCUT2D eigenvalue weighted by atomic mass is 16.6. The Morgan fingerprint density at radius 2 is 2.21 bits per heavy atom. The van der Waals surface area contributed by atoms with Crippen molar-refractivity contribution in [2.75, 3.05) is 6.61 Å². The predicted molar refractivity (Wildman–Crippen MR) is 49.4 cm³/mol. The molecule has 0 unspecified atom stereocenters. The zero-order valence-corrected chi connectivity index (χ0v) is 7.88. The first-order valence-electron chi connectivity index (χ1n) is 4.52. The summed E-state index contributed by atoms with van der Waals surface area (Å²) >= 11 is 0. The summed E-state index contributed by atoms with van der Waals surface area (Å²) in [5.41, 5.74) is 1.32. The molecule has 0 aliphatic heterocycles. The first-order chi connectivity index (χ1) is 6.75. The van der Waals surface area contributed by atoms with E-state index < -0.39 is 5.41 Å². The minimum Gasteiger partial charge on any atom is -0.271 e. The quantitative estimate of drug-likeness (QED) is 0.408. The molecule has 4 heteroatoms. The number of nitrogens with zero attached hydrogens (tertiary/aromatic N) is 1. The van der Waals surface area contributed by atoms with E-state index in [0.29, 0.717) is 12.8 Å². The molecule has 1 amide bonds. The summed E-state index contributed by atoms with van der Waals surface area (Å²) in [6.07, 6.45) is 7.98. The van der Waals surface area contributed by atoms with E-state index in [1.807, 2.05) is 0 Å². The molecule has 0 saturated heterocycles. The molecule has 0 aromatic rings. The second kappa shape index (κ2) is 4.64. The van der Waals surface area contributed by atoms with Crippen LogP contribution in [0.15, 0.2) is 0 Å². The van der Waals surface area contributed by atoms with Gasteiger partial charge in [0.25, 0.3) is 5.91 Å². The SMILES string of the molecule is C#CCONC(=O)C1(C#N)CCCC1. The smallest absolute Gasteiger partial charge is 0.264 e. The molecule has 0 aromatic heterocycles. The fraction of sp³-hybridized carbons (Fsp3) is 0.600. The van der Waals surface area contributed by atoms with Gasteiger partial charge in [0.05, 0.1) is 6.07 Å². The molecule has 74 valence electrons. The largest absolute Gasteiger partial charge is 0.271 e. The van der Waals surface area contributed by atoms with Crippen LogP contribution in [0.5, 0.6) is 0 Å². The topological polar surface area (TPSA) is 62.1 Å². The number of terminal acetylenes is 1. The molecule has 1 saturated carbocycles. The maximum absolute atomic E-state index is 11.5. The Balaban J connectivity index is 2.50. The number of amides is 1. The first kappa shape index (κ1) is 10.6. The molecule has 0 heterocycles. The zero-order valence-electron chi connectivity index (χ0n) is 7.88. The van der Waals surface area contributed by atoms with Crippen molar-refractivity contribution in [2.45, 2.75) is 25.7 Å². The van der Waals surface area contributed by atoms with E-state index in [1.165, 1.54) is 0 Å². The number of nitriles is 1. The summed E-state index contributed by atoms with van der Waals surface area (Å²) in [7, 11) is 0. The van der Waals surface area contributed by atoms with Gasteiger partial charge in [0.15, 0.2) is 0 Å². The van der Waals surface area contributed by atoms with Crippen molar-refractivity contribution >= 4 is 5.91 Å². The Bertz CT molecular complexity index is 292. The average molecular weight is 192 g/mol. The minimum absolute atomic E-state index is 0.0211. The fourth-order valence-corrected chi connectivity index (χ4v) is 1.61. The summed E-state index contributed by atoms with van der Waals surface area (Å²) in [4.78, 5) is 16.2. The number of rotatable bonds is 3. The summed E-state index contributed by atoms with van der Waals surface area (Å²) in [6.45, 7) is 0.0211. The molecule has 14 heavy (non-hydrogen) atoms. The van der Waals surface area contributed by atoms with E-state index in [1.54, 1.807) is 0 Å². The van der Waals surface area contributed by atoms with Crippen molar-refractivity contribution in [3.63, 3.8) is 0 Å². The molecule has 1 fully saturated rings. The molecule has 1 aliphatic carbocycles. The van der Waals surface area contributed by atoms with Gasteiger partial charge in [-0.15, -0.1) is 6.42 Å². The lowest BCUT2D eigenvalue weighted by atomic mass is 9.87. The van der Waals surface area contributed by atoms with Gasteiger partial charge in [-0.3, -0.25) is 9.63 Å². The van der Waals surface area contributed by atoms with E-state index in [4.69, 9.17) is 16.5 Å². The van der Waals surface area contributed by atoms with Crippen LogP contribution in [0, 0.1) is 29.1 Å². The van der Waals surface area contributed by atoms with Crippen molar-refractivity contribution in [1.29, 1.82) is 5.26 Å². The van der Waals surface area contributed by atoms with E-state index in [0.717, 1.165) is 12.8 Å². The number of carbonyl (C=O) groups excluding carboxylic acids is 1. The average Bonchev–Trinajstić information content (AvgIpc) is 2.67. The normalized spacial score (nSPS) is 18.1. The molecule has 0 radical (unpaired) electrons. The van der Waals surface area contributed by atoms with Gasteiger partial charge < -0.3 is 0 Å². The molecule has 0 bridgehead atoms. The minimum atomic E-state index is -0.894. The second-order valence-electron chi connectivity index (χ2n) is 3.33. The molecule has 0 aromatic carbocycles. The Morgan fingerprint density at radius 1 is 1.57 bits per heavy atom. The van der Waals surface area contributed by atoms with Crippen molar-refractivity contribution in [3.05, 3.63) is 0 Å². The van der Waals surface area contributed by atoms with Crippen LogP contribution >= 0.6 is 0 Å². The Hall–Kier alpha value is -1.52. The van der Waals surface area contributed by atoms with Gasteiger partial charge in [-0.05, 0) is 12.8 Å². The summed E-state index contributed by atoms with van der Waals surface area (Å²) in [6, 6.07) is 2.06. The highest BCUT2D eigenvalue weighted by molar-refractivity contribution is 5.84. The lowest BCUT2D eigenvalue weighted by Gasteiger charge is -2.17. The van der Waals surface area contributed by atoms with E-state index in [9.17, 15) is 4.79 Å². The number of hydrogen-bond donors (Lipinski definition) is 1. The molecule has 4 nitrogen and oxygen atoms in total. The van der Waals surface area contributed by atoms with E-state index in [2.05, 4.69) is 17.5 Å². The van der Waals surface area contributed by atoms with Crippen LogP contribution in [-0.2, 0) is 9.63 Å². The second-order valence-corrected chi connectivity index (χ2v) is 3.33. The highest BCUT2D eigenvalue weighted by Gasteiger charge is 2.41. The lowest BCUT2D eigenvalue weighted by Crippen LogP contribution is -2.38. The molecular weight excluding hydrogens is 180 g/mol. The summed E-state index contributed by atoms with van der Waals surface area (Å²) in [5.74, 6) is 1.86. The maximum Gasteiger partial charge on any atom is 0.264 e. The van der Waals surface area contributed by atoms with Gasteiger partial charge in [-0.2, -0.15) is 5.26 Å². The van der Waals surface area contributed by atoms with Crippen molar-refractivity contribution in [3.8, 4) is 18.4 Å². The van der Waals surface area contributed by atoms with Gasteiger partial charge in [0.2, 0.25) is 0 Å². The Morgan fingerprint density at radius 3 is 2.71 bits per heavy atom. The first-order valence-corrected chi connectivity index (χ1v) is 4.52. The molecule has 1 N–H and O–H groups in total. The van der Waals surface area contributed by atoms with Crippen LogP contribution in [0.2, 0.25) is 0 Å². The third-order valence-corrected chi connectivity index (χ3v) is 2.43. The van der Waals surface area contributed by atoms with Crippen LogP contribution in [0.3, 0.4) is 0 Å². The summed E-state index contributed by atoms with van der Waals surface area (Å²) in [5, 5.41) is 8.94. The van der Waals surface area contributed by atoms with Crippen LogP contribution in [0.25, 0.3) is 0 Å². The van der Waals surface area contributed by atoms with Gasteiger partial charge in [-0.25, -0.2) is 5.48 Å². The number of carbonyl (C=O) groups is 1. The number of hydroxylamine groups is 1. The molecule has 0 atom stereocenters. The zero-order chi connectivity index (χ0) is 10.4. The molecule has 0 spiro atoms. The molecular formula is C10H12N2O2. The van der Waals surface area contributed by atoms with Gasteiger partial charge in [-0.1, -0.05) is 18.8 Å². The monoisotopic (exact) mass is 192 g/mol. The van der Waals surface area contributed by atoms with Crippen LogP contribution < -0.4 is 5.48 Å². The van der Waals surface area contributed by atoms with Crippen LogP contribution in [-0.4, -0.2) is 12.5 Å². The molecule has 1 rings (SSSR count). The van der Waals surface area contributed by atoms with E-state index in [-0.39, 0.29) is 12.5 Å². The third-order valence-electron chi connectivity index (χ3n) is 2.43. The van der Waals surface area contributed by atoms with Crippen molar-refractivity contribution in [1.82, 2.24) is 5.48 Å². The van der Waals surface area contributed by atoms with Gasteiger partial charge in [0.1, 0.15) is 12.0 Å². The van der Waals surface area contributed by atoms with Crippen LogP contribution in [0.4, 0.5) is 0 Å². The van der Waals surface area contributed by atoms with Crippen molar-refractivity contribution < 1.29 is 9.63 Å². The van der Waals surface area contributed by atoms with Gasteiger partial charge >= 0.3 is 0 Å². The number of nitrogens with one attached hydrogen (secondary N) is 1. The van der Waals surface area contributed by atoms with Gasteiger partial charge in [0, 0.05) is 0 Å². The Kier molecular flexibility index (Phi) is 3.50. The Labute approximate surface area is 83.2 Å². The third kappa shape index (κ3) is 2.04. The summed E-state index contributed by atoms with van der Waals surface area (Å²) < 4.78 is 0. The van der Waals surface area contributed by atoms with E-state index >= 15 is 0 Å². The lowest BCUT2D eigenvalue weighted by molar-refractivity contribution is -0.139. The van der Waals surface area contributed by atoms with Crippen LogP contribution in [0.1, 0.15) is 25.7 Å². The predicted octanol–water partition coefficient (Wildman–Crippen LogP) is 0.751. The van der Waals surface area contributed by atoms with Crippen molar-refractivity contribution in [2.24, 2.45) is 5.41 Å². The number of hydrogen-bond acceptors (Lipinski definition) is 3. The standard InChI is InChI=1S/C10H12N2O2/c1-2-7-14-12-9(13)10(8-11)5-3-4-6-10/h1H,3-7H2,(H,12,13). The fourth-order valence-electron chi connectivity index (χ4n) is 1.61. The maximum atomic E-state index is 11.5. The molecule has 1 aliphatic rings. The highest BCUT2D eigenvalue weighted by Crippen LogP contribution is 2.37.